The highest BCUT2D eigenvalue weighted by Gasteiger charge is 2.18. The van der Waals surface area contributed by atoms with Gasteiger partial charge in [0.05, 0.1) is 12.4 Å². The molecule has 0 spiro atoms. The summed E-state index contributed by atoms with van der Waals surface area (Å²) >= 11 is 0. The molecule has 1 aromatic rings. The van der Waals surface area contributed by atoms with Crippen molar-refractivity contribution < 1.29 is 4.42 Å². The van der Waals surface area contributed by atoms with Crippen LogP contribution in [0.15, 0.2) is 22.8 Å². The van der Waals surface area contributed by atoms with Gasteiger partial charge in [-0.1, -0.05) is 12.8 Å². The fraction of sp³-hybridized carbons (Fsp3) is 0.636. The average Bonchev–Trinajstić information content (AvgIpc) is 2.56. The molecule has 2 rings (SSSR count). The predicted molar refractivity (Wildman–Crippen MR) is 53.7 cm³/mol. The molecular weight excluding hydrogens is 176 g/mol. The predicted octanol–water partition coefficient (Wildman–Crippen LogP) is 1.75. The molecule has 76 valence electrons. The number of hydrogen-bond acceptors (Lipinski definition) is 2. The molecule has 0 amide bonds. The van der Waals surface area contributed by atoms with Crippen LogP contribution < -0.4 is 11.1 Å². The second-order valence-electron chi connectivity index (χ2n) is 3.95. The molecule has 1 N–H and O–H groups in total. The fourth-order valence-electron chi connectivity index (χ4n) is 2.00. The zero-order chi connectivity index (χ0) is 9.80. The lowest BCUT2D eigenvalue weighted by atomic mass is 10.1. The third-order valence-corrected chi connectivity index (χ3v) is 2.74. The quantitative estimate of drug-likeness (QED) is 0.776. The molecule has 14 heavy (non-hydrogen) atoms. The van der Waals surface area contributed by atoms with E-state index in [-0.39, 0.29) is 6.17 Å². The third-order valence-electron chi connectivity index (χ3n) is 2.74. The molecule has 0 bridgehead atoms. The summed E-state index contributed by atoms with van der Waals surface area (Å²) < 4.78 is 5.29. The van der Waals surface area contributed by atoms with Crippen LogP contribution in [0.5, 0.6) is 0 Å². The highest BCUT2D eigenvalue weighted by atomic mass is 16.3. The van der Waals surface area contributed by atoms with Gasteiger partial charge >= 0.3 is 0 Å². The van der Waals surface area contributed by atoms with Crippen molar-refractivity contribution in [3.63, 3.8) is 0 Å². The summed E-state index contributed by atoms with van der Waals surface area (Å²) in [7, 11) is 0. The summed E-state index contributed by atoms with van der Waals surface area (Å²) in [5.41, 5.74) is 9.55. The van der Waals surface area contributed by atoms with Gasteiger partial charge in [0.1, 0.15) is 5.76 Å². The average molecular weight is 192 g/mol. The summed E-state index contributed by atoms with van der Waals surface area (Å²) in [6.07, 6.45) is 6.54. The molecule has 1 aromatic heterocycles. The van der Waals surface area contributed by atoms with Crippen LogP contribution in [0.2, 0.25) is 0 Å². The minimum atomic E-state index is -0.336. The van der Waals surface area contributed by atoms with E-state index in [1.54, 1.807) is 6.26 Å². The van der Waals surface area contributed by atoms with Gasteiger partial charge in [0.25, 0.3) is 0 Å². The minimum Gasteiger partial charge on any atom is -0.469 e. The van der Waals surface area contributed by atoms with Crippen molar-refractivity contribution in [3.05, 3.63) is 24.2 Å². The lowest BCUT2D eigenvalue weighted by Gasteiger charge is -2.16. The molecule has 2 heterocycles. The van der Waals surface area contributed by atoms with Gasteiger partial charge in [-0.25, -0.2) is 0 Å². The van der Waals surface area contributed by atoms with Crippen molar-refractivity contribution in [2.45, 2.75) is 44.3 Å². The third kappa shape index (κ3) is 2.59. The van der Waals surface area contributed by atoms with E-state index in [2.05, 4.69) is 5.32 Å². The monoisotopic (exact) mass is 192 g/mol. The van der Waals surface area contributed by atoms with Gasteiger partial charge in [-0.3, -0.25) is 5.32 Å². The second kappa shape index (κ2) is 4.62. The topological polar surface area (TPSA) is 47.5 Å². The highest BCUT2D eigenvalue weighted by Crippen LogP contribution is 2.15. The Kier molecular flexibility index (Phi) is 3.22. The second-order valence-corrected chi connectivity index (χ2v) is 3.95. The Labute approximate surface area is 84.7 Å². The van der Waals surface area contributed by atoms with Gasteiger partial charge in [-0.05, 0) is 25.0 Å². The summed E-state index contributed by atoms with van der Waals surface area (Å²) in [4.78, 5) is 0. The first-order chi connectivity index (χ1) is 6.84. The van der Waals surface area contributed by atoms with Crippen molar-refractivity contribution in [2.75, 3.05) is 0 Å². The van der Waals surface area contributed by atoms with E-state index in [1.807, 2.05) is 12.1 Å². The molecule has 2 atom stereocenters. The Balaban J connectivity index is 1.90. The van der Waals surface area contributed by atoms with E-state index in [0.29, 0.717) is 6.04 Å². The first-order valence-corrected chi connectivity index (χ1v) is 5.31. The van der Waals surface area contributed by atoms with Gasteiger partial charge in [-0.2, -0.15) is 0 Å². The largest absolute Gasteiger partial charge is 0.469 e. The molecule has 1 fully saturated rings. The number of rotatable bonds is 2. The molecule has 3 heteroatoms. The summed E-state index contributed by atoms with van der Waals surface area (Å²) in [6.45, 7) is 0. The van der Waals surface area contributed by atoms with Gasteiger partial charge in [-0.15, -0.1) is 5.73 Å². The smallest absolute Gasteiger partial charge is 0.105 e. The summed E-state index contributed by atoms with van der Waals surface area (Å²) in [5, 5.41) is 3.21. The van der Waals surface area contributed by atoms with Gasteiger partial charge < -0.3 is 4.42 Å². The number of nitrogens with zero attached hydrogens (tertiary/aromatic N) is 1. The first-order valence-electron chi connectivity index (χ1n) is 5.31. The molecular formula is C11H16N2O. The van der Waals surface area contributed by atoms with Crippen LogP contribution in [-0.4, -0.2) is 12.2 Å². The highest BCUT2D eigenvalue weighted by molar-refractivity contribution is 5.00. The molecule has 1 saturated heterocycles. The Hall–Kier alpha value is -0.800. The molecule has 1 aliphatic heterocycles. The van der Waals surface area contributed by atoms with E-state index in [0.717, 1.165) is 31.4 Å². The van der Waals surface area contributed by atoms with Crippen LogP contribution >= 0.6 is 0 Å². The van der Waals surface area contributed by atoms with Crippen LogP contribution in [0, 0.1) is 0 Å². The van der Waals surface area contributed by atoms with Crippen LogP contribution in [0.3, 0.4) is 0 Å². The van der Waals surface area contributed by atoms with Crippen molar-refractivity contribution in [2.24, 2.45) is 0 Å². The van der Waals surface area contributed by atoms with Gasteiger partial charge in [0.2, 0.25) is 0 Å². The van der Waals surface area contributed by atoms with E-state index < -0.39 is 0 Å². The standard InChI is InChI=1S/C11H16N2O/c12-11-6-2-1-4-9(13-11)8-10-5-3-7-14-10/h3,5,7,9,11,13H,1-2,4,6,8H2. The Morgan fingerprint density at radius 1 is 1.43 bits per heavy atom. The van der Waals surface area contributed by atoms with E-state index in [9.17, 15) is 5.73 Å². The minimum absolute atomic E-state index is 0.336. The van der Waals surface area contributed by atoms with E-state index >= 15 is 0 Å². The van der Waals surface area contributed by atoms with Gasteiger partial charge in [0.15, 0.2) is 0 Å². The maximum absolute atomic E-state index is 9.55. The Bertz CT molecular complexity index is 258. The number of nitrogens with one attached hydrogen (secondary N) is 1. The van der Waals surface area contributed by atoms with Crippen LogP contribution in [-0.2, 0) is 6.42 Å². The van der Waals surface area contributed by atoms with Crippen LogP contribution in [0.25, 0.3) is 0 Å². The van der Waals surface area contributed by atoms with Crippen LogP contribution in [0.1, 0.15) is 31.4 Å². The normalized spacial score (nSPS) is 28.6. The summed E-state index contributed by atoms with van der Waals surface area (Å²) in [5.74, 6) is 0.997. The van der Waals surface area contributed by atoms with Crippen molar-refractivity contribution in [3.8, 4) is 0 Å². The van der Waals surface area contributed by atoms with Crippen molar-refractivity contribution in [1.82, 2.24) is 11.1 Å². The Morgan fingerprint density at radius 3 is 3.07 bits per heavy atom. The summed E-state index contributed by atoms with van der Waals surface area (Å²) in [6, 6.07) is 4.25. The van der Waals surface area contributed by atoms with Gasteiger partial charge in [0, 0.05) is 12.5 Å². The zero-order valence-corrected chi connectivity index (χ0v) is 8.28. The molecule has 2 radical (unpaired) electrons. The van der Waals surface area contributed by atoms with Crippen molar-refractivity contribution >= 4 is 0 Å². The maximum atomic E-state index is 9.55. The van der Waals surface area contributed by atoms with Crippen molar-refractivity contribution in [1.29, 1.82) is 0 Å². The molecule has 2 unspecified atom stereocenters. The SMILES string of the molecule is [N]C1CCCCC(Cc2ccco2)N1. The van der Waals surface area contributed by atoms with Crippen LogP contribution in [0.4, 0.5) is 0 Å². The number of furan rings is 1. The molecule has 1 aliphatic rings. The molecule has 0 aromatic carbocycles. The number of hydrogen-bond donors (Lipinski definition) is 1. The zero-order valence-electron chi connectivity index (χ0n) is 8.28. The fourth-order valence-corrected chi connectivity index (χ4v) is 2.00. The maximum Gasteiger partial charge on any atom is 0.105 e. The lowest BCUT2D eigenvalue weighted by molar-refractivity contribution is 0.396. The first kappa shape index (κ1) is 9.74. The van der Waals surface area contributed by atoms with E-state index in [4.69, 9.17) is 4.42 Å². The molecule has 0 saturated carbocycles. The lowest BCUT2D eigenvalue weighted by Crippen LogP contribution is -2.38. The molecule has 0 aliphatic carbocycles. The van der Waals surface area contributed by atoms with E-state index in [1.165, 1.54) is 6.42 Å². The molecule has 3 nitrogen and oxygen atoms in total. The Morgan fingerprint density at radius 2 is 2.29 bits per heavy atom.